The van der Waals surface area contributed by atoms with Gasteiger partial charge in [0.05, 0.1) is 23.8 Å². The van der Waals surface area contributed by atoms with Gasteiger partial charge in [0, 0.05) is 5.52 Å². The first-order valence-corrected chi connectivity index (χ1v) is 7.55. The van der Waals surface area contributed by atoms with E-state index in [4.69, 9.17) is 4.74 Å². The van der Waals surface area contributed by atoms with Crippen LogP contribution in [0.1, 0.15) is 26.3 Å². The molecule has 0 spiro atoms. The van der Waals surface area contributed by atoms with E-state index >= 15 is 0 Å². The lowest BCUT2D eigenvalue weighted by atomic mass is 10.1. The van der Waals surface area contributed by atoms with Crippen molar-refractivity contribution < 1.29 is 19.1 Å². The van der Waals surface area contributed by atoms with Crippen LogP contribution in [0.2, 0.25) is 0 Å². The summed E-state index contributed by atoms with van der Waals surface area (Å²) in [6, 6.07) is 15.0. The third-order valence-corrected chi connectivity index (χ3v) is 3.71. The van der Waals surface area contributed by atoms with Gasteiger partial charge in [0.1, 0.15) is 6.61 Å². The summed E-state index contributed by atoms with van der Waals surface area (Å²) in [7, 11) is 1.26. The number of pyridine rings is 1. The molecule has 0 aliphatic rings. The number of benzene rings is 2. The Balaban J connectivity index is 1.77. The van der Waals surface area contributed by atoms with Gasteiger partial charge in [-0.05, 0) is 35.7 Å². The van der Waals surface area contributed by atoms with Crippen molar-refractivity contribution in [1.82, 2.24) is 4.98 Å². The quantitative estimate of drug-likeness (QED) is 0.740. The number of fused-ring (bicyclic) bond motifs is 1. The second-order valence-electron chi connectivity index (χ2n) is 5.36. The van der Waals surface area contributed by atoms with Crippen molar-refractivity contribution in [2.24, 2.45) is 0 Å². The number of para-hydroxylation sites is 1. The molecule has 0 saturated heterocycles. The van der Waals surface area contributed by atoms with Gasteiger partial charge in [-0.3, -0.25) is 4.79 Å². The molecule has 0 amide bonds. The molecule has 1 aromatic heterocycles. The van der Waals surface area contributed by atoms with Crippen LogP contribution in [0.5, 0.6) is 0 Å². The van der Waals surface area contributed by atoms with E-state index in [1.165, 1.54) is 25.3 Å². The van der Waals surface area contributed by atoms with Crippen molar-refractivity contribution >= 4 is 22.8 Å². The molecule has 1 N–H and O–H groups in total. The number of methoxy groups -OCH3 is 1. The molecule has 3 rings (SSSR count). The standard InChI is InChI=1S/C19H15NO5/c1-24-18(22)13-6-4-7-14(10-13)19(23)25-11-15-9-12-5-2-3-8-16(12)20-17(15)21/h2-10H,11H2,1H3,(H,20,21). The van der Waals surface area contributed by atoms with E-state index < -0.39 is 11.9 Å². The van der Waals surface area contributed by atoms with Gasteiger partial charge in [-0.2, -0.15) is 0 Å². The average Bonchev–Trinajstić information content (AvgIpc) is 2.65. The minimum absolute atomic E-state index is 0.165. The number of hydrogen-bond acceptors (Lipinski definition) is 5. The lowest BCUT2D eigenvalue weighted by molar-refractivity contribution is 0.0471. The fourth-order valence-electron chi connectivity index (χ4n) is 2.42. The van der Waals surface area contributed by atoms with E-state index in [2.05, 4.69) is 9.72 Å². The number of ether oxygens (including phenoxy) is 2. The first-order chi connectivity index (χ1) is 12.1. The number of carbonyl (C=O) groups excluding carboxylic acids is 2. The molecule has 0 saturated carbocycles. The van der Waals surface area contributed by atoms with E-state index in [0.29, 0.717) is 11.1 Å². The van der Waals surface area contributed by atoms with E-state index in [1.807, 2.05) is 18.2 Å². The predicted molar refractivity (Wildman–Crippen MR) is 91.5 cm³/mol. The highest BCUT2D eigenvalue weighted by Gasteiger charge is 2.13. The summed E-state index contributed by atoms with van der Waals surface area (Å²) < 4.78 is 9.82. The normalized spacial score (nSPS) is 10.4. The van der Waals surface area contributed by atoms with Gasteiger partial charge in [-0.1, -0.05) is 24.3 Å². The first kappa shape index (κ1) is 16.4. The summed E-state index contributed by atoms with van der Waals surface area (Å²) in [6.45, 7) is -0.165. The van der Waals surface area contributed by atoms with Gasteiger partial charge in [0.15, 0.2) is 0 Å². The molecule has 0 radical (unpaired) electrons. The molecule has 0 fully saturated rings. The van der Waals surface area contributed by atoms with E-state index in [-0.39, 0.29) is 23.3 Å². The van der Waals surface area contributed by atoms with Gasteiger partial charge in [-0.25, -0.2) is 9.59 Å². The maximum atomic E-state index is 12.2. The number of esters is 2. The van der Waals surface area contributed by atoms with Crippen molar-refractivity contribution in [1.29, 1.82) is 0 Å². The fraction of sp³-hybridized carbons (Fsp3) is 0.105. The Labute approximate surface area is 143 Å². The van der Waals surface area contributed by atoms with Gasteiger partial charge in [-0.15, -0.1) is 0 Å². The predicted octanol–water partition coefficient (Wildman–Crippen LogP) is 2.67. The Bertz CT molecular complexity index is 1010. The molecule has 6 nitrogen and oxygen atoms in total. The number of rotatable bonds is 4. The summed E-state index contributed by atoms with van der Waals surface area (Å²) in [5.74, 6) is -1.17. The number of carbonyl (C=O) groups is 2. The Morgan fingerprint density at radius 3 is 2.44 bits per heavy atom. The molecule has 25 heavy (non-hydrogen) atoms. The number of hydrogen-bond donors (Lipinski definition) is 1. The van der Waals surface area contributed by atoms with Crippen LogP contribution in [-0.4, -0.2) is 24.0 Å². The highest BCUT2D eigenvalue weighted by Crippen LogP contribution is 2.12. The number of nitrogens with one attached hydrogen (secondary N) is 1. The molecule has 0 atom stereocenters. The van der Waals surface area contributed by atoms with Crippen molar-refractivity contribution in [2.45, 2.75) is 6.61 Å². The Morgan fingerprint density at radius 1 is 0.960 bits per heavy atom. The molecular formula is C19H15NO5. The Hall–Kier alpha value is -3.41. The van der Waals surface area contributed by atoms with Crippen LogP contribution in [0, 0.1) is 0 Å². The largest absolute Gasteiger partial charge is 0.465 e. The smallest absolute Gasteiger partial charge is 0.338 e. The van der Waals surface area contributed by atoms with Gasteiger partial charge < -0.3 is 14.5 Å². The third kappa shape index (κ3) is 3.58. The van der Waals surface area contributed by atoms with Gasteiger partial charge >= 0.3 is 11.9 Å². The van der Waals surface area contributed by atoms with Crippen LogP contribution in [0.15, 0.2) is 59.4 Å². The summed E-state index contributed by atoms with van der Waals surface area (Å²) in [4.78, 5) is 38.5. The zero-order valence-electron chi connectivity index (χ0n) is 13.4. The van der Waals surface area contributed by atoms with Crippen molar-refractivity contribution in [3.8, 4) is 0 Å². The summed E-state index contributed by atoms with van der Waals surface area (Å²) >= 11 is 0. The summed E-state index contributed by atoms with van der Waals surface area (Å²) in [6.07, 6.45) is 0. The Morgan fingerprint density at radius 2 is 1.68 bits per heavy atom. The lowest BCUT2D eigenvalue weighted by Crippen LogP contribution is -2.15. The number of aromatic amines is 1. The van der Waals surface area contributed by atoms with Crippen molar-refractivity contribution in [3.05, 3.63) is 81.6 Å². The molecule has 2 aromatic carbocycles. The topological polar surface area (TPSA) is 85.5 Å². The minimum atomic E-state index is -0.627. The van der Waals surface area contributed by atoms with Crippen LogP contribution in [0.25, 0.3) is 10.9 Å². The fourth-order valence-corrected chi connectivity index (χ4v) is 2.42. The zero-order chi connectivity index (χ0) is 17.8. The Kier molecular flexibility index (Phi) is 4.61. The summed E-state index contributed by atoms with van der Waals surface area (Å²) in [5, 5.41) is 0.848. The molecule has 6 heteroatoms. The van der Waals surface area contributed by atoms with E-state index in [1.54, 1.807) is 18.2 Å². The number of aromatic nitrogens is 1. The molecule has 0 bridgehead atoms. The van der Waals surface area contributed by atoms with Crippen LogP contribution in [0.4, 0.5) is 0 Å². The van der Waals surface area contributed by atoms with Crippen molar-refractivity contribution in [2.75, 3.05) is 7.11 Å². The SMILES string of the molecule is COC(=O)c1cccc(C(=O)OCc2cc3ccccc3[nH]c2=O)c1. The average molecular weight is 337 g/mol. The van der Waals surface area contributed by atoms with Crippen LogP contribution in [0.3, 0.4) is 0 Å². The second kappa shape index (κ2) is 7.00. The molecule has 3 aromatic rings. The van der Waals surface area contributed by atoms with Crippen molar-refractivity contribution in [3.63, 3.8) is 0 Å². The van der Waals surface area contributed by atoms with Gasteiger partial charge in [0.2, 0.25) is 0 Å². The maximum Gasteiger partial charge on any atom is 0.338 e. The monoisotopic (exact) mass is 337 g/mol. The minimum Gasteiger partial charge on any atom is -0.465 e. The third-order valence-electron chi connectivity index (χ3n) is 3.71. The van der Waals surface area contributed by atoms with E-state index in [0.717, 1.165) is 5.39 Å². The zero-order valence-corrected chi connectivity index (χ0v) is 13.4. The molecule has 1 heterocycles. The highest BCUT2D eigenvalue weighted by molar-refractivity contribution is 5.95. The lowest BCUT2D eigenvalue weighted by Gasteiger charge is -2.07. The van der Waals surface area contributed by atoms with E-state index in [9.17, 15) is 14.4 Å². The van der Waals surface area contributed by atoms with Crippen LogP contribution in [-0.2, 0) is 16.1 Å². The van der Waals surface area contributed by atoms with Crippen LogP contribution < -0.4 is 5.56 Å². The molecule has 0 aliphatic carbocycles. The highest BCUT2D eigenvalue weighted by atomic mass is 16.5. The molecule has 0 aliphatic heterocycles. The first-order valence-electron chi connectivity index (χ1n) is 7.55. The molecule has 0 unspecified atom stereocenters. The van der Waals surface area contributed by atoms with Gasteiger partial charge in [0.25, 0.3) is 5.56 Å². The molecule has 126 valence electrons. The number of H-pyrrole nitrogens is 1. The molecular weight excluding hydrogens is 322 g/mol. The second-order valence-corrected chi connectivity index (χ2v) is 5.36. The summed E-state index contributed by atoms with van der Waals surface area (Å²) in [5.41, 5.74) is 1.21. The maximum absolute atomic E-state index is 12.2. The van der Waals surface area contributed by atoms with Crippen LogP contribution >= 0.6 is 0 Å².